The van der Waals surface area contributed by atoms with Gasteiger partial charge in [0.25, 0.3) is 8.53 Å². The van der Waals surface area contributed by atoms with Crippen molar-refractivity contribution in [2.45, 2.75) is 78.0 Å². The monoisotopic (exact) mass is 367 g/mol. The normalized spacial score (nSPS) is 25.9. The van der Waals surface area contributed by atoms with Crippen molar-refractivity contribution in [1.29, 1.82) is 6.69 Å². The first kappa shape index (κ1) is 20.0. The van der Waals surface area contributed by atoms with Crippen LogP contribution in [0.5, 0.6) is 0 Å². The van der Waals surface area contributed by atoms with Crippen molar-refractivity contribution in [3.63, 3.8) is 0 Å². The number of nitrogens with zero attached hydrogens (tertiary/aromatic N) is 2. The van der Waals surface area contributed by atoms with Crippen molar-refractivity contribution >= 4 is 8.53 Å². The second-order valence-corrected chi connectivity index (χ2v) is 7.17. The molecule has 142 valence electrons. The molecule has 4 atom stereocenters. The Morgan fingerprint density at radius 2 is 2.12 bits per heavy atom. The van der Waals surface area contributed by atoms with Gasteiger partial charge in [0, 0.05) is 34.1 Å². The Bertz CT molecular complexity index is 393. The molecule has 0 aromatic carbocycles. The van der Waals surface area contributed by atoms with Crippen LogP contribution < -0.4 is 0 Å². The molecule has 1 saturated heterocycles. The Kier molecular flexibility index (Phi) is 10.8. The van der Waals surface area contributed by atoms with Crippen molar-refractivity contribution < 1.29 is 25.0 Å². The SMILES string of the molecule is [2H]C[C@H]1OC(OC)C[C@@H]1OP(OCCC#N)N(C(C)C)C(C)C.[3H]OC. The quantitative estimate of drug-likeness (QED) is 0.495. The largest absolute Gasteiger partial charge is 0.400 e. The topological polar surface area (TPSA) is 84.2 Å². The summed E-state index contributed by atoms with van der Waals surface area (Å²) in [7, 11) is 1.57. The molecule has 0 aromatic rings. The van der Waals surface area contributed by atoms with E-state index in [0.29, 0.717) is 19.4 Å². The first-order valence-corrected chi connectivity index (χ1v) is 9.20. The summed E-state index contributed by atoms with van der Waals surface area (Å²) in [5, 5.41) is 12.2. The van der Waals surface area contributed by atoms with Crippen LogP contribution in [0.15, 0.2) is 0 Å². The van der Waals surface area contributed by atoms with Crippen LogP contribution in [0.3, 0.4) is 0 Å². The molecule has 0 aromatic heterocycles. The third-order valence-corrected chi connectivity index (χ3v) is 5.47. The van der Waals surface area contributed by atoms with Gasteiger partial charge in [-0.2, -0.15) is 5.26 Å². The van der Waals surface area contributed by atoms with Crippen LogP contribution in [-0.2, 0) is 18.5 Å². The average Bonchev–Trinajstić information content (AvgIpc) is 2.97. The average molecular weight is 367 g/mol. The van der Waals surface area contributed by atoms with E-state index in [1.54, 1.807) is 7.11 Å². The lowest BCUT2D eigenvalue weighted by Crippen LogP contribution is -2.35. The molecule has 0 spiro atoms. The third kappa shape index (κ3) is 7.71. The summed E-state index contributed by atoms with van der Waals surface area (Å²) in [6, 6.07) is 2.58. The predicted molar refractivity (Wildman–Crippen MR) is 94.2 cm³/mol. The van der Waals surface area contributed by atoms with E-state index in [0.717, 1.165) is 0 Å². The van der Waals surface area contributed by atoms with Gasteiger partial charge < -0.3 is 23.6 Å². The van der Waals surface area contributed by atoms with Gasteiger partial charge >= 0.3 is 0 Å². The van der Waals surface area contributed by atoms with Gasteiger partial charge in [-0.05, 0) is 34.6 Å². The van der Waals surface area contributed by atoms with Crippen molar-refractivity contribution in [1.82, 2.24) is 4.67 Å². The zero-order chi connectivity index (χ0) is 20.1. The summed E-state index contributed by atoms with van der Waals surface area (Å²) in [6.07, 6.45) is 0.0368. The van der Waals surface area contributed by atoms with Crippen LogP contribution >= 0.6 is 8.53 Å². The van der Waals surface area contributed by atoms with Crippen molar-refractivity contribution in [3.8, 4) is 6.07 Å². The van der Waals surface area contributed by atoms with Crippen LogP contribution in [0.4, 0.5) is 0 Å². The Hall–Kier alpha value is -0.320. The lowest BCUT2D eigenvalue weighted by molar-refractivity contribution is -0.112. The highest BCUT2D eigenvalue weighted by atomic mass is 31.2. The minimum atomic E-state index is -1.32. The molecule has 0 radical (unpaired) electrons. The van der Waals surface area contributed by atoms with Gasteiger partial charge in [0.05, 0.1) is 31.3 Å². The van der Waals surface area contributed by atoms with E-state index in [9.17, 15) is 0 Å². The highest BCUT2D eigenvalue weighted by Gasteiger charge is 2.38. The van der Waals surface area contributed by atoms with E-state index >= 15 is 0 Å². The number of methoxy groups -OCH3 is 1. The van der Waals surface area contributed by atoms with Gasteiger partial charge in [-0.1, -0.05) is 0 Å². The van der Waals surface area contributed by atoms with Gasteiger partial charge in [-0.15, -0.1) is 0 Å². The molecular weight excluding hydrogens is 331 g/mol. The fraction of sp³-hybridized carbons (Fsp3) is 0.938. The predicted octanol–water partition coefficient (Wildman–Crippen LogP) is 3.04. The van der Waals surface area contributed by atoms with Crippen molar-refractivity contribution in [2.24, 2.45) is 0 Å². The Balaban J connectivity index is 0.00000194. The number of aliphatic hydroxyl groups is 1. The molecule has 2 unspecified atom stereocenters. The second-order valence-electron chi connectivity index (χ2n) is 5.77. The maximum Gasteiger partial charge on any atom is 0.259 e. The van der Waals surface area contributed by atoms with Crippen LogP contribution in [-0.4, -0.2) is 62.6 Å². The molecule has 1 aliphatic heterocycles. The molecule has 0 saturated carbocycles. The lowest BCUT2D eigenvalue weighted by Gasteiger charge is -2.37. The fourth-order valence-electron chi connectivity index (χ4n) is 2.35. The molecule has 0 bridgehead atoms. The van der Waals surface area contributed by atoms with Crippen LogP contribution in [0.1, 0.15) is 48.8 Å². The number of hydrogen-bond acceptors (Lipinski definition) is 7. The standard InChI is InChI=1S/C15H29N2O4P.CH4O/c1-11(2)17(12(3)4)22(19-9-7-8-16)21-14-10-15(18-6)20-13(14)5;1-2/h11-15H,7,9-10H2,1-6H3;2H,1H3/t13-,14+,15?,22?;/m1./s1/i5D;2T. The summed E-state index contributed by atoms with van der Waals surface area (Å²) >= 11 is 0. The minimum Gasteiger partial charge on any atom is -0.400 e. The molecular formula is C16H33N2O5P. The van der Waals surface area contributed by atoms with E-state index in [2.05, 4.69) is 43.5 Å². The van der Waals surface area contributed by atoms with Gasteiger partial charge in [0.1, 0.15) is 0 Å². The Morgan fingerprint density at radius 1 is 1.50 bits per heavy atom. The molecule has 0 aliphatic carbocycles. The van der Waals surface area contributed by atoms with Gasteiger partial charge in [0.2, 0.25) is 1.43 Å². The Labute approximate surface area is 150 Å². The molecule has 1 fully saturated rings. The van der Waals surface area contributed by atoms with Crippen LogP contribution in [0.25, 0.3) is 0 Å². The van der Waals surface area contributed by atoms with Crippen LogP contribution in [0.2, 0.25) is 0 Å². The molecule has 1 N–H and O–H groups in total. The fourth-order valence-corrected chi connectivity index (χ4v) is 4.11. The summed E-state index contributed by atoms with van der Waals surface area (Å²) in [4.78, 5) is 0. The van der Waals surface area contributed by atoms with Gasteiger partial charge in [0.15, 0.2) is 6.29 Å². The van der Waals surface area contributed by atoms with E-state index in [-0.39, 0.29) is 37.5 Å². The summed E-state index contributed by atoms with van der Waals surface area (Å²) < 4.78 is 38.5. The first-order chi connectivity index (χ1) is 12.4. The first-order valence-electron chi connectivity index (χ1n) is 9.19. The van der Waals surface area contributed by atoms with E-state index in [1.165, 1.54) is 7.11 Å². The third-order valence-electron chi connectivity index (χ3n) is 3.32. The summed E-state index contributed by atoms with van der Waals surface area (Å²) in [6.45, 7) is 8.84. The number of hydrogen-bond donors (Lipinski definition) is 1. The highest BCUT2D eigenvalue weighted by molar-refractivity contribution is 7.44. The van der Waals surface area contributed by atoms with E-state index in [4.69, 9.17) is 26.6 Å². The molecule has 0 amide bonds. The number of ether oxygens (including phenoxy) is 2. The number of nitriles is 1. The maximum absolute atomic E-state index is 8.73. The van der Waals surface area contributed by atoms with Crippen LogP contribution in [0, 0.1) is 11.3 Å². The summed E-state index contributed by atoms with van der Waals surface area (Å²) in [5.74, 6) is 0. The maximum atomic E-state index is 8.73. The molecule has 24 heavy (non-hydrogen) atoms. The molecule has 7 nitrogen and oxygen atoms in total. The minimum absolute atomic E-state index is 0.120. The van der Waals surface area contributed by atoms with Gasteiger partial charge in [-0.25, -0.2) is 4.67 Å². The summed E-state index contributed by atoms with van der Waals surface area (Å²) in [5.41, 5.74) is 0. The second kappa shape index (κ2) is 13.0. The number of rotatable bonds is 9. The lowest BCUT2D eigenvalue weighted by atomic mass is 10.2. The van der Waals surface area contributed by atoms with E-state index < -0.39 is 8.53 Å². The zero-order valence-corrected chi connectivity index (χ0v) is 16.5. The molecule has 1 aliphatic rings. The molecule has 1 rings (SSSR count). The number of aliphatic hydroxyl groups excluding tert-OH is 1. The van der Waals surface area contributed by atoms with E-state index in [1.807, 2.05) is 0 Å². The zero-order valence-electron chi connectivity index (χ0n) is 17.6. The van der Waals surface area contributed by atoms with Crippen molar-refractivity contribution in [3.05, 3.63) is 0 Å². The van der Waals surface area contributed by atoms with Gasteiger partial charge in [-0.3, -0.25) is 0 Å². The molecule has 8 heteroatoms. The molecule has 1 heterocycles. The highest BCUT2D eigenvalue weighted by Crippen LogP contribution is 2.49. The van der Waals surface area contributed by atoms with Crippen molar-refractivity contribution in [2.75, 3.05) is 20.8 Å². The Morgan fingerprint density at radius 3 is 2.58 bits per heavy atom. The smallest absolute Gasteiger partial charge is 0.259 e.